The first kappa shape index (κ1) is 14.1. The number of aromatic nitrogens is 4. The Hall–Kier alpha value is -2.56. The second-order valence-electron chi connectivity index (χ2n) is 6.46. The molecular formula is C18H18N4O. The maximum Gasteiger partial charge on any atom is 0.252 e. The highest BCUT2D eigenvalue weighted by Gasteiger charge is 2.28. The predicted octanol–water partition coefficient (Wildman–Crippen LogP) is 3.16. The van der Waals surface area contributed by atoms with Crippen LogP contribution < -0.4 is 0 Å². The van der Waals surface area contributed by atoms with Crippen molar-refractivity contribution in [3.05, 3.63) is 59.2 Å². The number of ketones is 1. The van der Waals surface area contributed by atoms with Gasteiger partial charge in [0.05, 0.1) is 11.3 Å². The SMILES string of the molecule is CC(C)c1ccc([C@H]2CC(=O)c3cn4ncnc4nc3C2)cc1. The summed E-state index contributed by atoms with van der Waals surface area (Å²) >= 11 is 0. The van der Waals surface area contributed by atoms with Gasteiger partial charge in [-0.2, -0.15) is 10.1 Å². The highest BCUT2D eigenvalue weighted by Crippen LogP contribution is 2.32. The van der Waals surface area contributed by atoms with Gasteiger partial charge in [0.15, 0.2) is 5.78 Å². The van der Waals surface area contributed by atoms with E-state index < -0.39 is 0 Å². The molecule has 4 rings (SSSR count). The fourth-order valence-electron chi connectivity index (χ4n) is 3.21. The van der Waals surface area contributed by atoms with Gasteiger partial charge in [0.2, 0.25) is 0 Å². The average molecular weight is 306 g/mol. The summed E-state index contributed by atoms with van der Waals surface area (Å²) in [5.74, 6) is 1.39. The third kappa shape index (κ3) is 2.42. The number of Topliss-reactive ketones (excluding diaryl/α,β-unsaturated/α-hetero) is 1. The Kier molecular flexibility index (Phi) is 3.22. The van der Waals surface area contributed by atoms with Crippen molar-refractivity contribution in [3.8, 4) is 0 Å². The van der Waals surface area contributed by atoms with Crippen LogP contribution in [0.3, 0.4) is 0 Å². The molecule has 23 heavy (non-hydrogen) atoms. The number of fused-ring (bicyclic) bond motifs is 2. The van der Waals surface area contributed by atoms with Gasteiger partial charge in [-0.25, -0.2) is 9.50 Å². The van der Waals surface area contributed by atoms with Crippen molar-refractivity contribution in [1.29, 1.82) is 0 Å². The number of rotatable bonds is 2. The van der Waals surface area contributed by atoms with Crippen LogP contribution in [-0.2, 0) is 6.42 Å². The summed E-state index contributed by atoms with van der Waals surface area (Å²) in [6, 6.07) is 8.62. The molecule has 1 aliphatic carbocycles. The minimum atomic E-state index is 0.133. The van der Waals surface area contributed by atoms with E-state index in [1.165, 1.54) is 17.5 Å². The normalized spacial score (nSPS) is 17.7. The molecule has 0 radical (unpaired) electrons. The van der Waals surface area contributed by atoms with Gasteiger partial charge in [-0.3, -0.25) is 4.79 Å². The second kappa shape index (κ2) is 5.26. The molecule has 5 heteroatoms. The molecular weight excluding hydrogens is 288 g/mol. The van der Waals surface area contributed by atoms with Crippen LogP contribution in [-0.4, -0.2) is 25.4 Å². The molecule has 0 saturated carbocycles. The van der Waals surface area contributed by atoms with Crippen molar-refractivity contribution < 1.29 is 4.79 Å². The monoisotopic (exact) mass is 306 g/mol. The van der Waals surface area contributed by atoms with E-state index in [2.05, 4.69) is 53.2 Å². The number of carbonyl (C=O) groups excluding carboxylic acids is 1. The largest absolute Gasteiger partial charge is 0.294 e. The minimum absolute atomic E-state index is 0.133. The molecule has 1 aliphatic rings. The van der Waals surface area contributed by atoms with Crippen LogP contribution >= 0.6 is 0 Å². The Bertz CT molecular complexity index is 880. The van der Waals surface area contributed by atoms with E-state index >= 15 is 0 Å². The molecule has 2 heterocycles. The Labute approximate surface area is 134 Å². The lowest BCUT2D eigenvalue weighted by Crippen LogP contribution is -2.21. The average Bonchev–Trinajstić information content (AvgIpc) is 3.00. The first-order chi connectivity index (χ1) is 11.1. The molecule has 5 nitrogen and oxygen atoms in total. The topological polar surface area (TPSA) is 60.2 Å². The Morgan fingerprint density at radius 3 is 2.70 bits per heavy atom. The summed E-state index contributed by atoms with van der Waals surface area (Å²) in [6.45, 7) is 4.37. The third-order valence-electron chi connectivity index (χ3n) is 4.60. The van der Waals surface area contributed by atoms with Crippen LogP contribution in [0.2, 0.25) is 0 Å². The summed E-state index contributed by atoms with van der Waals surface area (Å²) in [5.41, 5.74) is 4.04. The molecule has 0 spiro atoms. The van der Waals surface area contributed by atoms with E-state index in [0.717, 1.165) is 12.1 Å². The molecule has 1 atom stereocenters. The van der Waals surface area contributed by atoms with Crippen LogP contribution in [0.25, 0.3) is 5.78 Å². The van der Waals surface area contributed by atoms with Gasteiger partial charge in [0, 0.05) is 12.6 Å². The van der Waals surface area contributed by atoms with E-state index in [4.69, 9.17) is 0 Å². The van der Waals surface area contributed by atoms with Crippen LogP contribution in [0, 0.1) is 0 Å². The number of carbonyl (C=O) groups is 1. The van der Waals surface area contributed by atoms with E-state index in [1.807, 2.05) is 0 Å². The van der Waals surface area contributed by atoms with Gasteiger partial charge in [-0.05, 0) is 29.4 Å². The number of benzene rings is 1. The predicted molar refractivity (Wildman–Crippen MR) is 86.7 cm³/mol. The summed E-state index contributed by atoms with van der Waals surface area (Å²) in [5, 5.41) is 4.06. The van der Waals surface area contributed by atoms with Gasteiger partial charge in [-0.15, -0.1) is 0 Å². The van der Waals surface area contributed by atoms with Crippen LogP contribution in [0.4, 0.5) is 0 Å². The lowest BCUT2D eigenvalue weighted by atomic mass is 9.81. The zero-order chi connectivity index (χ0) is 16.0. The maximum atomic E-state index is 12.5. The quantitative estimate of drug-likeness (QED) is 0.729. The Morgan fingerprint density at radius 1 is 1.17 bits per heavy atom. The standard InChI is InChI=1S/C18H18N4O/c1-11(2)12-3-5-13(6-4-12)14-7-16-15(17(23)8-14)9-22-18(21-16)19-10-20-22/h3-6,9-11,14H,7-8H2,1-2H3/t14-/m1/s1. The minimum Gasteiger partial charge on any atom is -0.294 e. The van der Waals surface area contributed by atoms with Crippen molar-refractivity contribution in [3.63, 3.8) is 0 Å². The number of hydrogen-bond donors (Lipinski definition) is 0. The molecule has 0 unspecified atom stereocenters. The molecule has 0 fully saturated rings. The number of nitrogens with zero attached hydrogens (tertiary/aromatic N) is 4. The highest BCUT2D eigenvalue weighted by molar-refractivity contribution is 5.98. The molecule has 0 N–H and O–H groups in total. The lowest BCUT2D eigenvalue weighted by Gasteiger charge is -2.23. The molecule has 0 amide bonds. The van der Waals surface area contributed by atoms with Gasteiger partial charge in [0.1, 0.15) is 6.33 Å². The highest BCUT2D eigenvalue weighted by atomic mass is 16.1. The molecule has 2 aromatic heterocycles. The number of hydrogen-bond acceptors (Lipinski definition) is 4. The molecule has 1 aromatic carbocycles. The van der Waals surface area contributed by atoms with Crippen molar-refractivity contribution in [2.24, 2.45) is 0 Å². The van der Waals surface area contributed by atoms with Gasteiger partial charge in [0.25, 0.3) is 5.78 Å². The van der Waals surface area contributed by atoms with Crippen molar-refractivity contribution in [2.75, 3.05) is 0 Å². The Balaban J connectivity index is 1.69. The van der Waals surface area contributed by atoms with Gasteiger partial charge < -0.3 is 0 Å². The van der Waals surface area contributed by atoms with Gasteiger partial charge in [-0.1, -0.05) is 38.1 Å². The Morgan fingerprint density at radius 2 is 1.96 bits per heavy atom. The maximum absolute atomic E-state index is 12.5. The van der Waals surface area contributed by atoms with Crippen molar-refractivity contribution >= 4 is 11.6 Å². The summed E-state index contributed by atoms with van der Waals surface area (Å²) in [4.78, 5) is 21.1. The van der Waals surface area contributed by atoms with Gasteiger partial charge >= 0.3 is 0 Å². The fourth-order valence-corrected chi connectivity index (χ4v) is 3.21. The van der Waals surface area contributed by atoms with Crippen molar-refractivity contribution in [2.45, 2.75) is 38.5 Å². The first-order valence-corrected chi connectivity index (χ1v) is 7.94. The van der Waals surface area contributed by atoms with E-state index in [9.17, 15) is 4.79 Å². The van der Waals surface area contributed by atoms with E-state index in [1.54, 1.807) is 10.7 Å². The third-order valence-corrected chi connectivity index (χ3v) is 4.60. The second-order valence-corrected chi connectivity index (χ2v) is 6.46. The van der Waals surface area contributed by atoms with Crippen LogP contribution in [0.15, 0.2) is 36.8 Å². The first-order valence-electron chi connectivity index (χ1n) is 7.94. The smallest absolute Gasteiger partial charge is 0.252 e. The van der Waals surface area contributed by atoms with Crippen LogP contribution in [0.1, 0.15) is 59.3 Å². The van der Waals surface area contributed by atoms with Crippen LogP contribution in [0.5, 0.6) is 0 Å². The molecule has 3 aromatic rings. The molecule has 0 saturated heterocycles. The molecule has 0 bridgehead atoms. The summed E-state index contributed by atoms with van der Waals surface area (Å²) in [6.07, 6.45) is 4.51. The summed E-state index contributed by atoms with van der Waals surface area (Å²) < 4.78 is 1.56. The van der Waals surface area contributed by atoms with Crippen molar-refractivity contribution in [1.82, 2.24) is 19.6 Å². The molecule has 0 aliphatic heterocycles. The van der Waals surface area contributed by atoms with E-state index in [0.29, 0.717) is 23.7 Å². The van der Waals surface area contributed by atoms with E-state index in [-0.39, 0.29) is 11.7 Å². The summed E-state index contributed by atoms with van der Waals surface area (Å²) in [7, 11) is 0. The molecule has 116 valence electrons. The zero-order valence-electron chi connectivity index (χ0n) is 13.2. The fraction of sp³-hybridized carbons (Fsp3) is 0.333. The lowest BCUT2D eigenvalue weighted by molar-refractivity contribution is 0.0962. The zero-order valence-corrected chi connectivity index (χ0v) is 13.2.